The zero-order chi connectivity index (χ0) is 13.8. The summed E-state index contributed by atoms with van der Waals surface area (Å²) in [5.41, 5.74) is 1.16. The Kier molecular flexibility index (Phi) is 4.58. The van der Waals surface area contributed by atoms with E-state index in [0.29, 0.717) is 12.1 Å². The molecule has 1 saturated carbocycles. The third-order valence-electron chi connectivity index (χ3n) is 3.90. The lowest BCUT2D eigenvalue weighted by Gasteiger charge is -2.27. The second kappa shape index (κ2) is 6.19. The fourth-order valence-electron chi connectivity index (χ4n) is 2.78. The molecule has 1 heterocycles. The number of nitrogens with zero attached hydrogens (tertiary/aromatic N) is 2. The summed E-state index contributed by atoms with van der Waals surface area (Å²) in [6, 6.07) is 0.711. The molecule has 5 nitrogen and oxygen atoms in total. The molecular formula is C14H23N3O2. The van der Waals surface area contributed by atoms with E-state index in [4.69, 9.17) is 5.11 Å². The van der Waals surface area contributed by atoms with Gasteiger partial charge in [0.15, 0.2) is 0 Å². The molecule has 0 bridgehead atoms. The molecule has 1 aromatic rings. The lowest BCUT2D eigenvalue weighted by atomic mass is 9.86. The first kappa shape index (κ1) is 14.1. The second-order valence-electron chi connectivity index (χ2n) is 5.67. The maximum absolute atomic E-state index is 11.0. The number of hydrogen-bond donors (Lipinski definition) is 2. The van der Waals surface area contributed by atoms with Crippen molar-refractivity contribution in [3.63, 3.8) is 0 Å². The highest BCUT2D eigenvalue weighted by molar-refractivity contribution is 5.70. The molecular weight excluding hydrogens is 242 g/mol. The minimum atomic E-state index is -0.654. The van der Waals surface area contributed by atoms with Gasteiger partial charge in [-0.2, -0.15) is 0 Å². The molecule has 0 amide bonds. The molecule has 2 N–H and O–H groups in total. The van der Waals surface area contributed by atoms with E-state index in [1.54, 1.807) is 0 Å². The van der Waals surface area contributed by atoms with E-state index in [2.05, 4.69) is 28.7 Å². The lowest BCUT2D eigenvalue weighted by molar-refractivity contribution is -0.143. The summed E-state index contributed by atoms with van der Waals surface area (Å²) >= 11 is 0. The summed E-state index contributed by atoms with van der Waals surface area (Å²) < 4.78 is 2.14. The zero-order valence-electron chi connectivity index (χ0n) is 11.7. The van der Waals surface area contributed by atoms with Crippen LogP contribution in [-0.2, 0) is 11.3 Å². The Bertz CT molecular complexity index is 428. The van der Waals surface area contributed by atoms with Crippen LogP contribution in [-0.4, -0.2) is 26.7 Å². The van der Waals surface area contributed by atoms with Crippen LogP contribution < -0.4 is 5.32 Å². The van der Waals surface area contributed by atoms with Gasteiger partial charge in [-0.1, -0.05) is 6.42 Å². The van der Waals surface area contributed by atoms with Crippen molar-refractivity contribution < 1.29 is 9.90 Å². The molecule has 106 valence electrons. The molecule has 2 rings (SSSR count). The number of aliphatic carboxylic acids is 1. The molecule has 0 radical (unpaired) electrons. The Morgan fingerprint density at radius 3 is 3.05 bits per heavy atom. The van der Waals surface area contributed by atoms with Crippen molar-refractivity contribution in [1.82, 2.24) is 14.9 Å². The summed E-state index contributed by atoms with van der Waals surface area (Å²) in [7, 11) is 0. The minimum Gasteiger partial charge on any atom is -0.481 e. The molecule has 1 aliphatic rings. The van der Waals surface area contributed by atoms with Crippen molar-refractivity contribution in [3.05, 3.63) is 18.2 Å². The van der Waals surface area contributed by atoms with Gasteiger partial charge in [0.25, 0.3) is 0 Å². The number of carboxylic acid groups (broad SMARTS) is 1. The van der Waals surface area contributed by atoms with Crippen molar-refractivity contribution >= 4 is 5.97 Å². The van der Waals surface area contributed by atoms with Crippen LogP contribution in [0.3, 0.4) is 0 Å². The monoisotopic (exact) mass is 265 g/mol. The first-order valence-corrected chi connectivity index (χ1v) is 7.04. The summed E-state index contributed by atoms with van der Waals surface area (Å²) in [4.78, 5) is 15.2. The smallest absolute Gasteiger partial charge is 0.306 e. The van der Waals surface area contributed by atoms with E-state index in [1.807, 2.05) is 12.5 Å². The number of hydrogen-bond acceptors (Lipinski definition) is 3. The Balaban J connectivity index is 1.88. The Labute approximate surface area is 114 Å². The highest BCUT2D eigenvalue weighted by Crippen LogP contribution is 2.24. The molecule has 19 heavy (non-hydrogen) atoms. The fourth-order valence-corrected chi connectivity index (χ4v) is 2.78. The van der Waals surface area contributed by atoms with E-state index in [0.717, 1.165) is 37.9 Å². The molecule has 1 fully saturated rings. The third-order valence-corrected chi connectivity index (χ3v) is 3.90. The van der Waals surface area contributed by atoms with Gasteiger partial charge in [-0.15, -0.1) is 0 Å². The number of carboxylic acids is 1. The Hall–Kier alpha value is -1.36. The van der Waals surface area contributed by atoms with Crippen LogP contribution in [0.4, 0.5) is 0 Å². The van der Waals surface area contributed by atoms with E-state index in [-0.39, 0.29) is 5.92 Å². The van der Waals surface area contributed by atoms with Gasteiger partial charge in [0, 0.05) is 24.8 Å². The van der Waals surface area contributed by atoms with Crippen LogP contribution in [0.1, 0.15) is 51.3 Å². The minimum absolute atomic E-state index is 0.179. The van der Waals surface area contributed by atoms with Crippen LogP contribution >= 0.6 is 0 Å². The van der Waals surface area contributed by atoms with Crippen molar-refractivity contribution in [2.45, 2.75) is 58.2 Å². The number of carbonyl (C=O) groups is 1. The van der Waals surface area contributed by atoms with E-state index < -0.39 is 5.97 Å². The highest BCUT2D eigenvalue weighted by atomic mass is 16.4. The van der Waals surface area contributed by atoms with Gasteiger partial charge in [0.1, 0.15) is 0 Å². The van der Waals surface area contributed by atoms with Gasteiger partial charge in [0.2, 0.25) is 0 Å². The molecule has 2 atom stereocenters. The molecule has 0 spiro atoms. The van der Waals surface area contributed by atoms with Gasteiger partial charge in [-0.3, -0.25) is 4.79 Å². The van der Waals surface area contributed by atoms with E-state index in [1.165, 1.54) is 0 Å². The van der Waals surface area contributed by atoms with Gasteiger partial charge < -0.3 is 15.0 Å². The first-order chi connectivity index (χ1) is 9.08. The highest BCUT2D eigenvalue weighted by Gasteiger charge is 2.26. The van der Waals surface area contributed by atoms with Crippen LogP contribution in [0.25, 0.3) is 0 Å². The van der Waals surface area contributed by atoms with Crippen LogP contribution in [0, 0.1) is 5.92 Å². The van der Waals surface area contributed by atoms with Gasteiger partial charge in [-0.25, -0.2) is 4.98 Å². The molecule has 2 unspecified atom stereocenters. The Morgan fingerprint density at radius 2 is 2.37 bits per heavy atom. The van der Waals surface area contributed by atoms with Crippen molar-refractivity contribution in [2.75, 3.05) is 0 Å². The van der Waals surface area contributed by atoms with Gasteiger partial charge >= 0.3 is 5.97 Å². The molecule has 0 saturated heterocycles. The van der Waals surface area contributed by atoms with E-state index in [9.17, 15) is 4.79 Å². The number of nitrogens with one attached hydrogen (secondary N) is 1. The van der Waals surface area contributed by atoms with Gasteiger partial charge in [-0.05, 0) is 33.1 Å². The van der Waals surface area contributed by atoms with Crippen LogP contribution in [0.5, 0.6) is 0 Å². The standard InChI is InChI=1S/C14H23N3O2/c1-10(2)17-9-15-7-13(17)8-16-12-5-3-4-11(6-12)14(18)19/h7,9-12,16H,3-6,8H2,1-2H3,(H,18,19). The first-order valence-electron chi connectivity index (χ1n) is 7.04. The zero-order valence-corrected chi connectivity index (χ0v) is 11.7. The SMILES string of the molecule is CC(C)n1cncc1CNC1CCCC(C(=O)O)C1. The van der Waals surface area contributed by atoms with Crippen molar-refractivity contribution in [3.8, 4) is 0 Å². The number of aromatic nitrogens is 2. The number of rotatable bonds is 5. The largest absolute Gasteiger partial charge is 0.481 e. The summed E-state index contributed by atoms with van der Waals surface area (Å²) in [6.07, 6.45) is 7.35. The predicted molar refractivity (Wildman–Crippen MR) is 72.8 cm³/mol. The quantitative estimate of drug-likeness (QED) is 0.856. The molecule has 1 aliphatic carbocycles. The molecule has 0 aliphatic heterocycles. The summed E-state index contributed by atoms with van der Waals surface area (Å²) in [5.74, 6) is -0.833. The lowest BCUT2D eigenvalue weighted by Crippen LogP contribution is -2.36. The molecule has 5 heteroatoms. The van der Waals surface area contributed by atoms with Crippen LogP contribution in [0.2, 0.25) is 0 Å². The maximum atomic E-state index is 11.0. The Morgan fingerprint density at radius 1 is 1.58 bits per heavy atom. The normalized spacial score (nSPS) is 23.7. The predicted octanol–water partition coefficient (Wildman–Crippen LogP) is 2.20. The van der Waals surface area contributed by atoms with Crippen molar-refractivity contribution in [1.29, 1.82) is 0 Å². The molecule has 0 aromatic carbocycles. The van der Waals surface area contributed by atoms with Gasteiger partial charge in [0.05, 0.1) is 17.9 Å². The van der Waals surface area contributed by atoms with Crippen LogP contribution in [0.15, 0.2) is 12.5 Å². The number of imidazole rings is 1. The fraction of sp³-hybridized carbons (Fsp3) is 0.714. The van der Waals surface area contributed by atoms with E-state index >= 15 is 0 Å². The topological polar surface area (TPSA) is 67.2 Å². The average molecular weight is 265 g/mol. The maximum Gasteiger partial charge on any atom is 0.306 e. The van der Waals surface area contributed by atoms with Crippen molar-refractivity contribution in [2.24, 2.45) is 5.92 Å². The summed E-state index contributed by atoms with van der Waals surface area (Å²) in [6.45, 7) is 5.02. The average Bonchev–Trinajstić information content (AvgIpc) is 2.85. The summed E-state index contributed by atoms with van der Waals surface area (Å²) in [5, 5.41) is 12.6. The second-order valence-corrected chi connectivity index (χ2v) is 5.67. The third kappa shape index (κ3) is 3.56. The molecule has 1 aromatic heterocycles.